The minimum atomic E-state index is -0.964. The van der Waals surface area contributed by atoms with Gasteiger partial charge in [-0.3, -0.25) is 0 Å². The van der Waals surface area contributed by atoms with Crippen LogP contribution in [0.2, 0.25) is 0 Å². The first-order chi connectivity index (χ1) is 9.12. The fourth-order valence-corrected chi connectivity index (χ4v) is 2.23. The molecule has 2 aromatic carbocycles. The Kier molecular flexibility index (Phi) is 2.54. The number of ether oxygens (including phenoxy) is 1. The van der Waals surface area contributed by atoms with E-state index in [2.05, 4.69) is 0 Å². The summed E-state index contributed by atoms with van der Waals surface area (Å²) in [5, 5.41) is 18.6. The van der Waals surface area contributed by atoms with E-state index in [0.29, 0.717) is 6.61 Å². The maximum atomic E-state index is 11.0. The van der Waals surface area contributed by atoms with E-state index in [4.69, 9.17) is 9.84 Å². The molecule has 0 bridgehead atoms. The van der Waals surface area contributed by atoms with Gasteiger partial charge in [-0.1, -0.05) is 24.3 Å². The summed E-state index contributed by atoms with van der Waals surface area (Å²) in [4.78, 5) is 11.0. The van der Waals surface area contributed by atoms with Crippen molar-refractivity contribution in [3.63, 3.8) is 0 Å². The van der Waals surface area contributed by atoms with Crippen molar-refractivity contribution in [2.45, 2.75) is 5.60 Å². The second-order valence-corrected chi connectivity index (χ2v) is 4.55. The van der Waals surface area contributed by atoms with Crippen molar-refractivity contribution in [2.24, 2.45) is 0 Å². The molecule has 4 heteroatoms. The van der Waals surface area contributed by atoms with E-state index in [1.807, 2.05) is 12.1 Å². The molecule has 1 atom stereocenters. The van der Waals surface area contributed by atoms with E-state index in [1.165, 1.54) is 0 Å². The maximum absolute atomic E-state index is 11.0. The Morgan fingerprint density at radius 2 is 1.74 bits per heavy atom. The number of rotatable bonds is 3. The molecule has 96 valence electrons. The highest BCUT2D eigenvalue weighted by Gasteiger charge is 2.48. The third-order valence-corrected chi connectivity index (χ3v) is 3.32. The standard InChI is InChI=1S/C15H12O4/c16-13-6-2-5-12(8-13)15(9-19-15)11-4-1-3-10(7-11)14(17)18/h1-8,16H,9H2,(H,17,18). The van der Waals surface area contributed by atoms with Gasteiger partial charge in [0.25, 0.3) is 0 Å². The molecule has 4 nitrogen and oxygen atoms in total. The van der Waals surface area contributed by atoms with Gasteiger partial charge >= 0.3 is 5.97 Å². The fraction of sp³-hybridized carbons (Fsp3) is 0.133. The van der Waals surface area contributed by atoms with Gasteiger partial charge < -0.3 is 14.9 Å². The summed E-state index contributed by atoms with van der Waals surface area (Å²) in [7, 11) is 0. The van der Waals surface area contributed by atoms with Crippen LogP contribution < -0.4 is 0 Å². The molecular formula is C15H12O4. The predicted molar refractivity (Wildman–Crippen MR) is 68.2 cm³/mol. The highest BCUT2D eigenvalue weighted by molar-refractivity contribution is 5.87. The average Bonchev–Trinajstić information content (AvgIpc) is 3.20. The Morgan fingerprint density at radius 1 is 1.11 bits per heavy atom. The molecule has 2 N–H and O–H groups in total. The van der Waals surface area contributed by atoms with Crippen LogP contribution in [0.1, 0.15) is 21.5 Å². The van der Waals surface area contributed by atoms with E-state index in [9.17, 15) is 9.90 Å². The summed E-state index contributed by atoms with van der Waals surface area (Å²) in [5.74, 6) is -0.796. The number of carboxylic acid groups (broad SMARTS) is 1. The van der Waals surface area contributed by atoms with Gasteiger partial charge in [0, 0.05) is 0 Å². The van der Waals surface area contributed by atoms with Crippen LogP contribution in [0.3, 0.4) is 0 Å². The Hall–Kier alpha value is -2.33. The van der Waals surface area contributed by atoms with E-state index in [0.717, 1.165) is 11.1 Å². The van der Waals surface area contributed by atoms with Crippen LogP contribution in [0.25, 0.3) is 0 Å². The molecule has 19 heavy (non-hydrogen) atoms. The van der Waals surface area contributed by atoms with Crippen LogP contribution in [-0.4, -0.2) is 22.8 Å². The summed E-state index contributed by atoms with van der Waals surface area (Å²) in [6.45, 7) is 0.486. The molecule has 1 aliphatic rings. The van der Waals surface area contributed by atoms with Crippen LogP contribution in [0.5, 0.6) is 5.75 Å². The van der Waals surface area contributed by atoms with E-state index in [1.54, 1.807) is 36.4 Å². The van der Waals surface area contributed by atoms with E-state index in [-0.39, 0.29) is 11.3 Å². The summed E-state index contributed by atoms with van der Waals surface area (Å²) in [5.41, 5.74) is 1.23. The van der Waals surface area contributed by atoms with Crippen molar-refractivity contribution < 1.29 is 19.7 Å². The number of aromatic hydroxyl groups is 1. The van der Waals surface area contributed by atoms with Gasteiger partial charge in [-0.15, -0.1) is 0 Å². The second-order valence-electron chi connectivity index (χ2n) is 4.55. The lowest BCUT2D eigenvalue weighted by Gasteiger charge is -2.13. The van der Waals surface area contributed by atoms with E-state index >= 15 is 0 Å². The molecule has 1 aliphatic heterocycles. The Bertz CT molecular complexity index is 644. The van der Waals surface area contributed by atoms with Crippen LogP contribution in [0.4, 0.5) is 0 Å². The average molecular weight is 256 g/mol. The SMILES string of the molecule is O=C(O)c1cccc(C2(c3cccc(O)c3)CO2)c1. The fourth-order valence-electron chi connectivity index (χ4n) is 2.23. The van der Waals surface area contributed by atoms with Crippen LogP contribution >= 0.6 is 0 Å². The zero-order valence-electron chi connectivity index (χ0n) is 10.0. The summed E-state index contributed by atoms with van der Waals surface area (Å²) in [6, 6.07) is 13.5. The van der Waals surface area contributed by atoms with Crippen LogP contribution in [-0.2, 0) is 10.3 Å². The Labute approximate surface area is 109 Å². The minimum Gasteiger partial charge on any atom is -0.508 e. The number of carboxylic acids is 1. The second kappa shape index (κ2) is 4.10. The van der Waals surface area contributed by atoms with Crippen molar-refractivity contribution in [1.29, 1.82) is 0 Å². The van der Waals surface area contributed by atoms with Gasteiger partial charge in [0.15, 0.2) is 0 Å². The quantitative estimate of drug-likeness (QED) is 0.827. The number of benzene rings is 2. The van der Waals surface area contributed by atoms with Crippen molar-refractivity contribution in [2.75, 3.05) is 6.61 Å². The van der Waals surface area contributed by atoms with Crippen molar-refractivity contribution >= 4 is 5.97 Å². The molecule has 3 rings (SSSR count). The highest BCUT2D eigenvalue weighted by Crippen LogP contribution is 2.45. The molecular weight excluding hydrogens is 244 g/mol. The Balaban J connectivity index is 2.06. The van der Waals surface area contributed by atoms with Gasteiger partial charge in [0.1, 0.15) is 11.4 Å². The van der Waals surface area contributed by atoms with Crippen molar-refractivity contribution in [1.82, 2.24) is 0 Å². The van der Waals surface area contributed by atoms with Gasteiger partial charge in [-0.05, 0) is 35.4 Å². The lowest BCUT2D eigenvalue weighted by molar-refractivity contribution is 0.0696. The highest BCUT2D eigenvalue weighted by atomic mass is 16.6. The first kappa shape index (κ1) is 11.7. The molecule has 1 heterocycles. The maximum Gasteiger partial charge on any atom is 0.335 e. The molecule has 0 saturated carbocycles. The molecule has 1 fully saturated rings. The van der Waals surface area contributed by atoms with E-state index < -0.39 is 11.6 Å². The monoisotopic (exact) mass is 256 g/mol. The van der Waals surface area contributed by atoms with Gasteiger partial charge in [-0.25, -0.2) is 4.79 Å². The van der Waals surface area contributed by atoms with Crippen molar-refractivity contribution in [3.8, 4) is 5.75 Å². The molecule has 1 unspecified atom stereocenters. The predicted octanol–water partition coefficient (Wildman–Crippen LogP) is 2.36. The molecule has 0 spiro atoms. The molecule has 0 radical (unpaired) electrons. The molecule has 0 aliphatic carbocycles. The number of epoxide rings is 1. The third-order valence-electron chi connectivity index (χ3n) is 3.32. The molecule has 0 amide bonds. The smallest absolute Gasteiger partial charge is 0.335 e. The number of hydrogen-bond donors (Lipinski definition) is 2. The normalized spacial score (nSPS) is 21.1. The number of phenolic OH excluding ortho intramolecular Hbond substituents is 1. The summed E-state index contributed by atoms with van der Waals surface area (Å²) >= 11 is 0. The zero-order valence-corrected chi connectivity index (χ0v) is 10.0. The lowest BCUT2D eigenvalue weighted by atomic mass is 9.90. The number of carbonyl (C=O) groups is 1. The van der Waals surface area contributed by atoms with Crippen LogP contribution in [0, 0.1) is 0 Å². The lowest BCUT2D eigenvalue weighted by Crippen LogP contribution is -2.11. The first-order valence-electron chi connectivity index (χ1n) is 5.89. The number of aromatic carboxylic acids is 1. The molecule has 0 aromatic heterocycles. The largest absolute Gasteiger partial charge is 0.508 e. The minimum absolute atomic E-state index is 0.168. The molecule has 1 saturated heterocycles. The number of hydrogen-bond acceptors (Lipinski definition) is 3. The molecule has 2 aromatic rings. The van der Waals surface area contributed by atoms with Crippen LogP contribution in [0.15, 0.2) is 48.5 Å². The summed E-state index contributed by atoms with van der Waals surface area (Å²) < 4.78 is 5.55. The number of phenols is 1. The topological polar surface area (TPSA) is 70.1 Å². The van der Waals surface area contributed by atoms with Gasteiger partial charge in [-0.2, -0.15) is 0 Å². The Morgan fingerprint density at radius 3 is 2.32 bits per heavy atom. The van der Waals surface area contributed by atoms with Crippen molar-refractivity contribution in [3.05, 3.63) is 65.2 Å². The first-order valence-corrected chi connectivity index (χ1v) is 5.89. The van der Waals surface area contributed by atoms with Gasteiger partial charge in [0.05, 0.1) is 12.2 Å². The van der Waals surface area contributed by atoms with Gasteiger partial charge in [0.2, 0.25) is 0 Å². The third kappa shape index (κ3) is 1.96. The zero-order chi connectivity index (χ0) is 13.5. The summed E-state index contributed by atoms with van der Waals surface area (Å²) in [6.07, 6.45) is 0.